The fraction of sp³-hybridized carbons (Fsp3) is 0.333. The van der Waals surface area contributed by atoms with Gasteiger partial charge in [0.25, 0.3) is 0 Å². The third kappa shape index (κ3) is 1.07. The van der Waals surface area contributed by atoms with E-state index < -0.39 is 0 Å². The second-order valence-corrected chi connectivity index (χ2v) is 3.09. The quantitative estimate of drug-likeness (QED) is 0.675. The number of benzene rings is 1. The minimum atomic E-state index is 0.714. The molecule has 0 aromatic heterocycles. The molecule has 3 nitrogen and oxygen atoms in total. The molecule has 0 bridgehead atoms. The van der Waals surface area contributed by atoms with Crippen molar-refractivity contribution in [1.82, 2.24) is 5.32 Å². The summed E-state index contributed by atoms with van der Waals surface area (Å²) in [7, 11) is 4.06. The predicted octanol–water partition coefficient (Wildman–Crippen LogP) is 1.37. The van der Waals surface area contributed by atoms with Gasteiger partial charge in [-0.15, -0.1) is 0 Å². The summed E-state index contributed by atoms with van der Waals surface area (Å²) in [6.45, 7) is 0.714. The van der Waals surface area contributed by atoms with E-state index in [1.54, 1.807) is 0 Å². The molecule has 0 saturated heterocycles. The number of hydrogen-bond donors (Lipinski definition) is 1. The number of nitrogens with one attached hydrogen (secondary N) is 1. The Bertz CT molecular complexity index is 294. The van der Waals surface area contributed by atoms with Gasteiger partial charge in [-0.3, -0.25) is 5.32 Å². The SMILES string of the molecule is CN(C)c1ccc2c(c1)[N]CN2. The molecule has 3 heteroatoms. The lowest BCUT2D eigenvalue weighted by molar-refractivity contribution is 0.982. The number of rotatable bonds is 1. The highest BCUT2D eigenvalue weighted by Gasteiger charge is 2.10. The van der Waals surface area contributed by atoms with Crippen LogP contribution in [0.4, 0.5) is 17.1 Å². The van der Waals surface area contributed by atoms with Crippen LogP contribution in [-0.4, -0.2) is 20.8 Å². The van der Waals surface area contributed by atoms with E-state index in [0.29, 0.717) is 6.67 Å². The first-order valence-electron chi connectivity index (χ1n) is 4.00. The number of nitrogens with zero attached hydrogens (tertiary/aromatic N) is 2. The summed E-state index contributed by atoms with van der Waals surface area (Å²) in [6, 6.07) is 6.25. The molecule has 1 aliphatic rings. The summed E-state index contributed by atoms with van der Waals surface area (Å²) < 4.78 is 0. The lowest BCUT2D eigenvalue weighted by Crippen LogP contribution is -2.08. The van der Waals surface area contributed by atoms with Gasteiger partial charge in [0.2, 0.25) is 0 Å². The molecule has 0 unspecified atom stereocenters. The topological polar surface area (TPSA) is 29.4 Å². The molecule has 63 valence electrons. The van der Waals surface area contributed by atoms with Gasteiger partial charge in [0.05, 0.1) is 11.4 Å². The van der Waals surface area contributed by atoms with Gasteiger partial charge >= 0.3 is 0 Å². The minimum Gasteiger partial charge on any atom is -0.378 e. The van der Waals surface area contributed by atoms with Gasteiger partial charge in [-0.25, -0.2) is 0 Å². The van der Waals surface area contributed by atoms with E-state index in [1.807, 2.05) is 14.1 Å². The van der Waals surface area contributed by atoms with Crippen LogP contribution in [0, 0.1) is 0 Å². The van der Waals surface area contributed by atoms with Crippen LogP contribution < -0.4 is 15.5 Å². The Morgan fingerprint density at radius 1 is 1.42 bits per heavy atom. The Morgan fingerprint density at radius 2 is 2.25 bits per heavy atom. The highest BCUT2D eigenvalue weighted by Crippen LogP contribution is 2.29. The molecular formula is C9H12N3. The van der Waals surface area contributed by atoms with Crippen LogP contribution in [-0.2, 0) is 0 Å². The van der Waals surface area contributed by atoms with Gasteiger partial charge in [0.1, 0.15) is 6.67 Å². The van der Waals surface area contributed by atoms with E-state index in [4.69, 9.17) is 0 Å². The summed E-state index contributed by atoms with van der Waals surface area (Å²) in [5, 5.41) is 7.49. The first-order valence-corrected chi connectivity index (χ1v) is 4.00. The molecule has 1 heterocycles. The first-order chi connectivity index (χ1) is 5.77. The van der Waals surface area contributed by atoms with Crippen molar-refractivity contribution in [2.45, 2.75) is 0 Å². The average Bonchev–Trinajstić information content (AvgIpc) is 2.49. The van der Waals surface area contributed by atoms with Gasteiger partial charge in [-0.2, -0.15) is 0 Å². The van der Waals surface area contributed by atoms with E-state index in [9.17, 15) is 0 Å². The molecule has 0 saturated carbocycles. The molecule has 2 rings (SSSR count). The van der Waals surface area contributed by atoms with Gasteiger partial charge in [-0.1, -0.05) is 0 Å². The average molecular weight is 162 g/mol. The minimum absolute atomic E-state index is 0.714. The second kappa shape index (κ2) is 2.59. The smallest absolute Gasteiger partial charge is 0.108 e. The van der Waals surface area contributed by atoms with Crippen molar-refractivity contribution < 1.29 is 0 Å². The van der Waals surface area contributed by atoms with Crippen molar-refractivity contribution in [3.05, 3.63) is 18.2 Å². The summed E-state index contributed by atoms with van der Waals surface area (Å²) in [5.74, 6) is 0. The fourth-order valence-electron chi connectivity index (χ4n) is 1.29. The number of hydrogen-bond acceptors (Lipinski definition) is 2. The third-order valence-corrected chi connectivity index (χ3v) is 2.02. The van der Waals surface area contributed by atoms with Gasteiger partial charge in [0.15, 0.2) is 0 Å². The Kier molecular flexibility index (Phi) is 1.57. The van der Waals surface area contributed by atoms with Crippen LogP contribution in [0.5, 0.6) is 0 Å². The largest absolute Gasteiger partial charge is 0.378 e. The maximum Gasteiger partial charge on any atom is 0.108 e. The van der Waals surface area contributed by atoms with Crippen molar-refractivity contribution in [1.29, 1.82) is 0 Å². The fourth-order valence-corrected chi connectivity index (χ4v) is 1.29. The van der Waals surface area contributed by atoms with Crippen LogP contribution >= 0.6 is 0 Å². The first kappa shape index (κ1) is 7.28. The van der Waals surface area contributed by atoms with Crippen LogP contribution in [0.15, 0.2) is 18.2 Å². The van der Waals surface area contributed by atoms with Crippen molar-refractivity contribution in [2.75, 3.05) is 31.0 Å². The van der Waals surface area contributed by atoms with Crippen LogP contribution in [0.25, 0.3) is 0 Å². The van der Waals surface area contributed by atoms with Crippen molar-refractivity contribution >= 4 is 17.1 Å². The second-order valence-electron chi connectivity index (χ2n) is 3.09. The van der Waals surface area contributed by atoms with Gasteiger partial charge in [0, 0.05) is 19.8 Å². The standard InChI is InChI=1S/C9H12N3/c1-12(2)7-3-4-8-9(5-7)11-6-10-8/h3-5,10H,6H2,1-2H3. The molecule has 0 amide bonds. The molecule has 1 aromatic rings. The summed E-state index contributed by atoms with van der Waals surface area (Å²) in [4.78, 5) is 2.08. The van der Waals surface area contributed by atoms with Crippen LogP contribution in [0.3, 0.4) is 0 Å². The van der Waals surface area contributed by atoms with Gasteiger partial charge in [-0.05, 0) is 18.2 Å². The summed E-state index contributed by atoms with van der Waals surface area (Å²) in [5.41, 5.74) is 3.41. The molecule has 1 aliphatic heterocycles. The number of fused-ring (bicyclic) bond motifs is 1. The Labute approximate surface area is 72.4 Å². The maximum absolute atomic E-state index is 4.30. The molecule has 1 radical (unpaired) electrons. The molecule has 0 spiro atoms. The van der Waals surface area contributed by atoms with Crippen molar-refractivity contribution in [3.63, 3.8) is 0 Å². The lowest BCUT2D eigenvalue weighted by Gasteiger charge is -2.12. The zero-order valence-corrected chi connectivity index (χ0v) is 7.33. The Hall–Kier alpha value is -1.38. The maximum atomic E-state index is 4.30. The van der Waals surface area contributed by atoms with Crippen LogP contribution in [0.2, 0.25) is 0 Å². The van der Waals surface area contributed by atoms with E-state index in [-0.39, 0.29) is 0 Å². The van der Waals surface area contributed by atoms with Crippen molar-refractivity contribution in [2.24, 2.45) is 0 Å². The lowest BCUT2D eigenvalue weighted by atomic mass is 10.2. The Balaban J connectivity index is 2.39. The molecule has 0 fully saturated rings. The third-order valence-electron chi connectivity index (χ3n) is 2.02. The molecule has 1 aromatic carbocycles. The van der Waals surface area contributed by atoms with E-state index in [2.05, 4.69) is 33.7 Å². The van der Waals surface area contributed by atoms with E-state index in [1.165, 1.54) is 5.69 Å². The number of anilines is 2. The molecule has 12 heavy (non-hydrogen) atoms. The van der Waals surface area contributed by atoms with E-state index in [0.717, 1.165) is 11.4 Å². The summed E-state index contributed by atoms with van der Waals surface area (Å²) >= 11 is 0. The summed E-state index contributed by atoms with van der Waals surface area (Å²) in [6.07, 6.45) is 0. The van der Waals surface area contributed by atoms with Crippen LogP contribution in [0.1, 0.15) is 0 Å². The molecule has 1 N–H and O–H groups in total. The molecular weight excluding hydrogens is 150 g/mol. The zero-order chi connectivity index (χ0) is 8.55. The van der Waals surface area contributed by atoms with Crippen molar-refractivity contribution in [3.8, 4) is 0 Å². The highest BCUT2D eigenvalue weighted by molar-refractivity contribution is 5.73. The Morgan fingerprint density at radius 3 is 3.00 bits per heavy atom. The van der Waals surface area contributed by atoms with E-state index >= 15 is 0 Å². The normalized spacial score (nSPS) is 13.2. The predicted molar refractivity (Wildman–Crippen MR) is 51.1 cm³/mol. The highest BCUT2D eigenvalue weighted by atomic mass is 15.1. The molecule has 0 aliphatic carbocycles. The zero-order valence-electron chi connectivity index (χ0n) is 7.33. The molecule has 0 atom stereocenters. The van der Waals surface area contributed by atoms with Gasteiger partial charge < -0.3 is 10.2 Å². The monoisotopic (exact) mass is 162 g/mol.